The summed E-state index contributed by atoms with van der Waals surface area (Å²) in [4.78, 5) is 6.47. The Kier molecular flexibility index (Phi) is 4.34. The summed E-state index contributed by atoms with van der Waals surface area (Å²) in [5.74, 6) is 1.41. The van der Waals surface area contributed by atoms with E-state index in [1.54, 1.807) is 18.7 Å². The molecule has 0 spiro atoms. The van der Waals surface area contributed by atoms with E-state index in [0.29, 0.717) is 24.5 Å². The predicted octanol–water partition coefficient (Wildman–Crippen LogP) is 0.723. The molecule has 108 valence electrons. The van der Waals surface area contributed by atoms with Gasteiger partial charge in [-0.2, -0.15) is 0 Å². The van der Waals surface area contributed by atoms with Crippen molar-refractivity contribution in [2.24, 2.45) is 16.8 Å². The third kappa shape index (κ3) is 3.14. The Morgan fingerprint density at radius 2 is 2.35 bits per heavy atom. The molecule has 0 aromatic carbocycles. The number of rotatable bonds is 6. The molecule has 0 atom stereocenters. The predicted molar refractivity (Wildman–Crippen MR) is 75.9 cm³/mol. The molecule has 0 aliphatic rings. The van der Waals surface area contributed by atoms with Crippen LogP contribution in [-0.4, -0.2) is 43.7 Å². The van der Waals surface area contributed by atoms with Gasteiger partial charge >= 0.3 is 0 Å². The van der Waals surface area contributed by atoms with Gasteiger partial charge in [0.1, 0.15) is 12.2 Å². The molecule has 0 aliphatic carbocycles. The fraction of sp³-hybridized carbons (Fsp3) is 0.500. The topological polar surface area (TPSA) is 105 Å². The van der Waals surface area contributed by atoms with Crippen LogP contribution in [0.25, 0.3) is 5.65 Å². The summed E-state index contributed by atoms with van der Waals surface area (Å²) < 4.78 is 1.82. The fourth-order valence-electron chi connectivity index (χ4n) is 1.99. The highest BCUT2D eigenvalue weighted by molar-refractivity contribution is 5.80. The number of anilines is 1. The summed E-state index contributed by atoms with van der Waals surface area (Å²) in [6.45, 7) is 5.66. The summed E-state index contributed by atoms with van der Waals surface area (Å²) >= 11 is 0. The first kappa shape index (κ1) is 14.0. The SMILES string of the molecule is CC(C)CN(CCC(N)=NO)c1nccn2cnnc12. The molecule has 0 unspecified atom stereocenters. The van der Waals surface area contributed by atoms with E-state index in [-0.39, 0.29) is 5.84 Å². The summed E-state index contributed by atoms with van der Waals surface area (Å²) in [6.07, 6.45) is 5.61. The van der Waals surface area contributed by atoms with E-state index < -0.39 is 0 Å². The molecule has 2 rings (SSSR count). The number of oxime groups is 1. The molecule has 2 heterocycles. The molecule has 0 radical (unpaired) electrons. The second-order valence-corrected chi connectivity index (χ2v) is 4.99. The molecule has 2 aromatic rings. The van der Waals surface area contributed by atoms with Gasteiger partial charge in [-0.15, -0.1) is 10.2 Å². The van der Waals surface area contributed by atoms with Crippen LogP contribution in [-0.2, 0) is 0 Å². The molecular formula is C12H19N7O. The number of fused-ring (bicyclic) bond motifs is 1. The van der Waals surface area contributed by atoms with Crippen LogP contribution < -0.4 is 10.6 Å². The number of hydrogen-bond donors (Lipinski definition) is 2. The van der Waals surface area contributed by atoms with E-state index in [1.807, 2.05) is 4.40 Å². The molecule has 0 aliphatic heterocycles. The van der Waals surface area contributed by atoms with Crippen LogP contribution in [0.1, 0.15) is 20.3 Å². The lowest BCUT2D eigenvalue weighted by Gasteiger charge is -2.25. The Bertz CT molecular complexity index is 592. The molecule has 0 saturated heterocycles. The molecule has 20 heavy (non-hydrogen) atoms. The highest BCUT2D eigenvalue weighted by atomic mass is 16.4. The zero-order valence-corrected chi connectivity index (χ0v) is 11.6. The normalized spacial score (nSPS) is 12.2. The maximum atomic E-state index is 8.64. The van der Waals surface area contributed by atoms with Crippen molar-refractivity contribution >= 4 is 17.3 Å². The van der Waals surface area contributed by atoms with Crippen molar-refractivity contribution in [1.29, 1.82) is 0 Å². The third-order valence-electron chi connectivity index (χ3n) is 2.85. The number of amidine groups is 1. The van der Waals surface area contributed by atoms with Gasteiger partial charge in [0.15, 0.2) is 5.82 Å². The van der Waals surface area contributed by atoms with Gasteiger partial charge < -0.3 is 15.8 Å². The van der Waals surface area contributed by atoms with Crippen LogP contribution in [0.15, 0.2) is 23.9 Å². The molecule has 3 N–H and O–H groups in total. The van der Waals surface area contributed by atoms with E-state index in [4.69, 9.17) is 10.9 Å². The lowest BCUT2D eigenvalue weighted by Crippen LogP contribution is -2.32. The van der Waals surface area contributed by atoms with Crippen molar-refractivity contribution in [3.8, 4) is 0 Å². The smallest absolute Gasteiger partial charge is 0.203 e. The number of nitrogens with two attached hydrogens (primary N) is 1. The molecule has 0 fully saturated rings. The third-order valence-corrected chi connectivity index (χ3v) is 2.85. The molecular weight excluding hydrogens is 258 g/mol. The van der Waals surface area contributed by atoms with Gasteiger partial charge in [-0.05, 0) is 5.92 Å². The van der Waals surface area contributed by atoms with Crippen molar-refractivity contribution < 1.29 is 5.21 Å². The van der Waals surface area contributed by atoms with Gasteiger partial charge in [-0.3, -0.25) is 4.40 Å². The second-order valence-electron chi connectivity index (χ2n) is 4.99. The van der Waals surface area contributed by atoms with Crippen molar-refractivity contribution in [3.05, 3.63) is 18.7 Å². The Hall–Kier alpha value is -2.38. The molecule has 8 nitrogen and oxygen atoms in total. The van der Waals surface area contributed by atoms with Crippen LogP contribution in [0, 0.1) is 5.92 Å². The quantitative estimate of drug-likeness (QED) is 0.349. The lowest BCUT2D eigenvalue weighted by atomic mass is 10.2. The first-order valence-corrected chi connectivity index (χ1v) is 6.47. The maximum Gasteiger partial charge on any atom is 0.203 e. The molecule has 0 bridgehead atoms. The largest absolute Gasteiger partial charge is 0.409 e. The van der Waals surface area contributed by atoms with Crippen molar-refractivity contribution in [2.45, 2.75) is 20.3 Å². The van der Waals surface area contributed by atoms with Crippen molar-refractivity contribution in [1.82, 2.24) is 19.6 Å². The highest BCUT2D eigenvalue weighted by Crippen LogP contribution is 2.17. The van der Waals surface area contributed by atoms with Gasteiger partial charge in [0, 0.05) is 31.9 Å². The van der Waals surface area contributed by atoms with Gasteiger partial charge in [0.25, 0.3) is 0 Å². The lowest BCUT2D eigenvalue weighted by molar-refractivity contribution is 0.317. The zero-order chi connectivity index (χ0) is 14.5. The Balaban J connectivity index is 2.27. The van der Waals surface area contributed by atoms with Gasteiger partial charge in [0.2, 0.25) is 5.65 Å². The van der Waals surface area contributed by atoms with Crippen LogP contribution in [0.3, 0.4) is 0 Å². The zero-order valence-electron chi connectivity index (χ0n) is 11.6. The second kappa shape index (κ2) is 6.18. The number of hydrogen-bond acceptors (Lipinski definition) is 6. The van der Waals surface area contributed by atoms with Gasteiger partial charge in [-0.1, -0.05) is 19.0 Å². The molecule has 0 amide bonds. The van der Waals surface area contributed by atoms with E-state index in [2.05, 4.69) is 39.1 Å². The average molecular weight is 277 g/mol. The maximum absolute atomic E-state index is 8.64. The summed E-state index contributed by atoms with van der Waals surface area (Å²) in [7, 11) is 0. The summed E-state index contributed by atoms with van der Waals surface area (Å²) in [5.41, 5.74) is 6.24. The van der Waals surface area contributed by atoms with Crippen LogP contribution in [0.5, 0.6) is 0 Å². The Morgan fingerprint density at radius 1 is 1.55 bits per heavy atom. The van der Waals surface area contributed by atoms with E-state index in [0.717, 1.165) is 12.4 Å². The van der Waals surface area contributed by atoms with Crippen molar-refractivity contribution in [3.63, 3.8) is 0 Å². The van der Waals surface area contributed by atoms with Crippen LogP contribution in [0.4, 0.5) is 5.82 Å². The molecule has 0 saturated carbocycles. The summed E-state index contributed by atoms with van der Waals surface area (Å²) in [5, 5.41) is 19.6. The minimum Gasteiger partial charge on any atom is -0.409 e. The Morgan fingerprint density at radius 3 is 3.05 bits per heavy atom. The molecule has 2 aromatic heterocycles. The van der Waals surface area contributed by atoms with Gasteiger partial charge in [-0.25, -0.2) is 4.98 Å². The average Bonchev–Trinajstić information content (AvgIpc) is 2.90. The number of aromatic nitrogens is 4. The van der Waals surface area contributed by atoms with E-state index in [1.165, 1.54) is 0 Å². The standard InChI is InChI=1S/C12H19N7O/c1-9(2)7-18(5-3-10(13)17-20)11-12-16-15-8-19(12)6-4-14-11/h4,6,8-9,20H,3,5,7H2,1-2H3,(H2,13,17). The Labute approximate surface area is 116 Å². The fourth-order valence-corrected chi connectivity index (χ4v) is 1.99. The van der Waals surface area contributed by atoms with Crippen molar-refractivity contribution in [2.75, 3.05) is 18.0 Å². The monoisotopic (exact) mass is 277 g/mol. The van der Waals surface area contributed by atoms with E-state index >= 15 is 0 Å². The minimum atomic E-state index is 0.201. The number of nitrogens with zero attached hydrogens (tertiary/aromatic N) is 6. The van der Waals surface area contributed by atoms with Gasteiger partial charge in [0.05, 0.1) is 0 Å². The summed E-state index contributed by atoms with van der Waals surface area (Å²) in [6, 6.07) is 0. The highest BCUT2D eigenvalue weighted by Gasteiger charge is 2.15. The minimum absolute atomic E-state index is 0.201. The molecule has 8 heteroatoms. The first-order chi connectivity index (χ1) is 9.61. The van der Waals surface area contributed by atoms with E-state index in [9.17, 15) is 0 Å². The first-order valence-electron chi connectivity index (χ1n) is 6.47. The van der Waals surface area contributed by atoms with Crippen LogP contribution >= 0.6 is 0 Å². The van der Waals surface area contributed by atoms with Crippen LogP contribution in [0.2, 0.25) is 0 Å².